The Morgan fingerprint density at radius 1 is 1.21 bits per heavy atom. The van der Waals surface area contributed by atoms with Crippen molar-refractivity contribution >= 4 is 50.8 Å². The number of nitro benzene ring substituents is 1. The van der Waals surface area contributed by atoms with E-state index in [1.165, 1.54) is 42.7 Å². The summed E-state index contributed by atoms with van der Waals surface area (Å²) in [5.74, 6) is 0.109. The number of urea groups is 1. The number of amides is 2. The molecule has 0 fully saturated rings. The summed E-state index contributed by atoms with van der Waals surface area (Å²) in [6.07, 6.45) is 2.68. The van der Waals surface area contributed by atoms with Crippen molar-refractivity contribution in [1.82, 2.24) is 9.97 Å². The molecule has 1 heterocycles. The number of hydrogen-bond donors (Lipinski definition) is 1. The first kappa shape index (κ1) is 24.1. The smallest absolute Gasteiger partial charge is 0.348 e. The number of anilines is 1. The number of aliphatic imine (C=N–C) groups is 1. The molecule has 0 unspecified atom stereocenters. The quantitative estimate of drug-likeness (QED) is 0.178. The van der Waals surface area contributed by atoms with Gasteiger partial charge in [-0.15, -0.1) is 0 Å². The monoisotopic (exact) mass is 533 g/mol. The first-order valence-electron chi connectivity index (χ1n) is 9.48. The fourth-order valence-electron chi connectivity index (χ4n) is 2.54. The molecule has 0 aliphatic heterocycles. The molecule has 0 atom stereocenters. The van der Waals surface area contributed by atoms with Gasteiger partial charge in [0.1, 0.15) is 11.3 Å². The summed E-state index contributed by atoms with van der Waals surface area (Å²) in [6.45, 7) is 3.44. The van der Waals surface area contributed by atoms with E-state index in [0.717, 1.165) is 0 Å². The number of rotatable bonds is 6. The number of benzene rings is 2. The third kappa shape index (κ3) is 6.70. The molecule has 3 rings (SSSR count). The van der Waals surface area contributed by atoms with E-state index < -0.39 is 11.0 Å². The van der Waals surface area contributed by atoms with Crippen molar-refractivity contribution in [1.29, 1.82) is 0 Å². The Labute approximate surface area is 201 Å². The van der Waals surface area contributed by atoms with E-state index >= 15 is 0 Å². The van der Waals surface area contributed by atoms with Gasteiger partial charge in [-0.3, -0.25) is 10.1 Å². The Balaban J connectivity index is 1.80. The van der Waals surface area contributed by atoms with E-state index in [-0.39, 0.29) is 40.0 Å². The van der Waals surface area contributed by atoms with Crippen molar-refractivity contribution in [3.63, 3.8) is 0 Å². The number of halogens is 2. The maximum atomic E-state index is 12.5. The second kappa shape index (κ2) is 10.8. The number of carbonyl (C=O) groups excluding carboxylic acids is 1. The van der Waals surface area contributed by atoms with Crippen LogP contribution in [0.5, 0.6) is 11.8 Å². The highest BCUT2D eigenvalue weighted by Gasteiger charge is 2.21. The summed E-state index contributed by atoms with van der Waals surface area (Å²) >= 11 is 9.48. The SMILES string of the molecule is CC(C)O/C(=N\C(=O)Nc1ccc(Oc2ncc(Br)cn2)c(Cl)c1)c1ccccc1[N+](=O)[O-]. The van der Waals surface area contributed by atoms with Crippen LogP contribution in [0.4, 0.5) is 16.2 Å². The third-order valence-electron chi connectivity index (χ3n) is 3.86. The molecule has 1 aromatic heterocycles. The second-order valence-corrected chi connectivity index (χ2v) is 8.04. The predicted octanol–water partition coefficient (Wildman–Crippen LogP) is 6.00. The molecule has 0 saturated heterocycles. The lowest BCUT2D eigenvalue weighted by Crippen LogP contribution is -2.18. The number of aromatic nitrogens is 2. The van der Waals surface area contributed by atoms with E-state index in [1.54, 1.807) is 26.0 Å². The van der Waals surface area contributed by atoms with Gasteiger partial charge in [-0.1, -0.05) is 23.7 Å². The summed E-state index contributed by atoms with van der Waals surface area (Å²) in [4.78, 5) is 35.2. The number of nitro groups is 1. The van der Waals surface area contributed by atoms with Crippen molar-refractivity contribution in [3.8, 4) is 11.8 Å². The zero-order valence-electron chi connectivity index (χ0n) is 17.4. The van der Waals surface area contributed by atoms with Crippen LogP contribution in [0, 0.1) is 10.1 Å². The van der Waals surface area contributed by atoms with Gasteiger partial charge in [0.25, 0.3) is 5.69 Å². The summed E-state index contributed by atoms with van der Waals surface area (Å²) in [5.41, 5.74) is 0.177. The van der Waals surface area contributed by atoms with Crippen LogP contribution in [0.15, 0.2) is 64.3 Å². The molecule has 0 radical (unpaired) electrons. The number of nitrogens with one attached hydrogen (secondary N) is 1. The van der Waals surface area contributed by atoms with Crippen molar-refractivity contribution in [3.05, 3.63) is 80.0 Å². The van der Waals surface area contributed by atoms with Crippen LogP contribution in [0.2, 0.25) is 5.02 Å². The molecule has 0 aliphatic rings. The number of carbonyl (C=O) groups is 1. The molecular weight excluding hydrogens is 518 g/mol. The van der Waals surface area contributed by atoms with Crippen molar-refractivity contribution in [2.45, 2.75) is 20.0 Å². The van der Waals surface area contributed by atoms with Crippen LogP contribution in [-0.2, 0) is 4.74 Å². The zero-order valence-corrected chi connectivity index (χ0v) is 19.7. The first-order chi connectivity index (χ1) is 15.7. The van der Waals surface area contributed by atoms with Crippen LogP contribution in [-0.4, -0.2) is 32.9 Å². The Kier molecular flexibility index (Phi) is 7.91. The maximum Gasteiger partial charge on any atom is 0.348 e. The zero-order chi connectivity index (χ0) is 24.0. The van der Waals surface area contributed by atoms with Crippen LogP contribution in [0.1, 0.15) is 19.4 Å². The predicted molar refractivity (Wildman–Crippen MR) is 126 cm³/mol. The lowest BCUT2D eigenvalue weighted by molar-refractivity contribution is -0.385. The summed E-state index contributed by atoms with van der Waals surface area (Å²) < 4.78 is 11.8. The van der Waals surface area contributed by atoms with E-state index in [2.05, 4.69) is 36.2 Å². The minimum atomic E-state index is -0.801. The lowest BCUT2D eigenvalue weighted by atomic mass is 10.2. The Hall–Kier alpha value is -3.57. The van der Waals surface area contributed by atoms with Crippen molar-refractivity contribution < 1.29 is 19.2 Å². The second-order valence-electron chi connectivity index (χ2n) is 6.72. The van der Waals surface area contributed by atoms with Crippen LogP contribution >= 0.6 is 27.5 Å². The highest BCUT2D eigenvalue weighted by molar-refractivity contribution is 9.10. The van der Waals surface area contributed by atoms with Crippen molar-refractivity contribution in [2.24, 2.45) is 4.99 Å². The van der Waals surface area contributed by atoms with E-state index in [1.807, 2.05) is 0 Å². The molecule has 12 heteroatoms. The van der Waals surface area contributed by atoms with Gasteiger partial charge in [0.15, 0.2) is 0 Å². The van der Waals surface area contributed by atoms with Gasteiger partial charge in [-0.05, 0) is 54.0 Å². The number of hydrogen-bond acceptors (Lipinski definition) is 7. The summed E-state index contributed by atoms with van der Waals surface area (Å²) in [5, 5.41) is 14.1. The highest BCUT2D eigenvalue weighted by atomic mass is 79.9. The van der Waals surface area contributed by atoms with E-state index in [4.69, 9.17) is 21.1 Å². The van der Waals surface area contributed by atoms with Gasteiger partial charge in [0, 0.05) is 24.1 Å². The fourth-order valence-corrected chi connectivity index (χ4v) is 2.97. The Morgan fingerprint density at radius 3 is 2.55 bits per heavy atom. The topological polar surface area (TPSA) is 129 Å². The standard InChI is InChI=1S/C21H17BrClN5O5/c1-12(2)32-19(15-5-3-4-6-17(15)28(30)31)27-20(29)26-14-7-8-18(16(23)9-14)33-21-24-10-13(22)11-25-21/h3-12H,1-2H3,(H,26,29)/b27-19-. The van der Waals surface area contributed by atoms with Gasteiger partial charge >= 0.3 is 12.0 Å². The van der Waals surface area contributed by atoms with Gasteiger partial charge < -0.3 is 14.8 Å². The minimum Gasteiger partial charge on any atom is -0.474 e. The van der Waals surface area contributed by atoms with E-state index in [0.29, 0.717) is 10.2 Å². The average molecular weight is 535 g/mol. The van der Waals surface area contributed by atoms with Gasteiger partial charge in [-0.2, -0.15) is 4.99 Å². The molecule has 2 aromatic carbocycles. The molecule has 33 heavy (non-hydrogen) atoms. The van der Waals surface area contributed by atoms with Crippen LogP contribution < -0.4 is 10.1 Å². The molecule has 0 bridgehead atoms. The van der Waals surface area contributed by atoms with Crippen LogP contribution in [0.3, 0.4) is 0 Å². The summed E-state index contributed by atoms with van der Waals surface area (Å²) in [6, 6.07) is 9.69. The molecule has 0 spiro atoms. The van der Waals surface area contributed by atoms with Gasteiger partial charge in [0.05, 0.1) is 20.5 Å². The number of nitrogens with zero attached hydrogens (tertiary/aromatic N) is 4. The molecule has 1 N–H and O–H groups in total. The average Bonchev–Trinajstić information content (AvgIpc) is 2.76. The fraction of sp³-hybridized carbons (Fsp3) is 0.143. The third-order valence-corrected chi connectivity index (χ3v) is 4.57. The Morgan fingerprint density at radius 2 is 1.91 bits per heavy atom. The molecular formula is C21H17BrClN5O5. The normalized spacial score (nSPS) is 11.2. The van der Waals surface area contributed by atoms with E-state index in [9.17, 15) is 14.9 Å². The molecule has 0 saturated carbocycles. The molecule has 10 nitrogen and oxygen atoms in total. The highest BCUT2D eigenvalue weighted by Crippen LogP contribution is 2.30. The van der Waals surface area contributed by atoms with Gasteiger partial charge in [-0.25, -0.2) is 14.8 Å². The largest absolute Gasteiger partial charge is 0.474 e. The molecule has 170 valence electrons. The minimum absolute atomic E-state index is 0.0858. The molecule has 0 aliphatic carbocycles. The summed E-state index contributed by atoms with van der Waals surface area (Å²) in [7, 11) is 0. The number of para-hydroxylation sites is 1. The molecule has 2 amide bonds. The maximum absolute atomic E-state index is 12.5. The molecule has 3 aromatic rings. The number of ether oxygens (including phenoxy) is 2. The van der Waals surface area contributed by atoms with Gasteiger partial charge in [0.2, 0.25) is 5.90 Å². The Bertz CT molecular complexity index is 1200. The lowest BCUT2D eigenvalue weighted by Gasteiger charge is -2.13. The van der Waals surface area contributed by atoms with Crippen LogP contribution in [0.25, 0.3) is 0 Å². The van der Waals surface area contributed by atoms with Crippen molar-refractivity contribution in [2.75, 3.05) is 5.32 Å². The first-order valence-corrected chi connectivity index (χ1v) is 10.6.